The molecule has 1 aliphatic carbocycles. The van der Waals surface area contributed by atoms with Crippen molar-refractivity contribution in [3.8, 4) is 28.7 Å². The monoisotopic (exact) mass is 403 g/mol. The summed E-state index contributed by atoms with van der Waals surface area (Å²) in [5.74, 6) is 1.92. The lowest BCUT2D eigenvalue weighted by atomic mass is 9.98. The number of fused-ring (bicyclic) bond motifs is 3. The number of nitrogens with one attached hydrogen (secondary N) is 2. The summed E-state index contributed by atoms with van der Waals surface area (Å²) in [4.78, 5) is 12.6. The minimum Gasteiger partial charge on any atom is -0.486 e. The summed E-state index contributed by atoms with van der Waals surface area (Å²) in [5.41, 5.74) is 3.14. The second-order valence-corrected chi connectivity index (χ2v) is 8.36. The average Bonchev–Trinajstić information content (AvgIpc) is 3.43. The van der Waals surface area contributed by atoms with Crippen LogP contribution in [0.5, 0.6) is 11.5 Å². The van der Waals surface area contributed by atoms with E-state index in [1.54, 1.807) is 0 Å². The number of amides is 1. The summed E-state index contributed by atoms with van der Waals surface area (Å²) >= 11 is 0. The third-order valence-corrected chi connectivity index (χ3v) is 6.38. The lowest BCUT2D eigenvalue weighted by Gasteiger charge is -2.23. The van der Waals surface area contributed by atoms with Crippen molar-refractivity contribution in [3.05, 3.63) is 48.0 Å². The number of hydrogen-bond acceptors (Lipinski definition) is 5. The van der Waals surface area contributed by atoms with Crippen LogP contribution < -0.4 is 20.1 Å². The largest absolute Gasteiger partial charge is 0.486 e. The molecule has 1 amide bonds. The Kier molecular flexibility index (Phi) is 5.06. The Morgan fingerprint density at radius 3 is 2.57 bits per heavy atom. The maximum absolute atomic E-state index is 12.6. The van der Waals surface area contributed by atoms with Crippen LogP contribution in [0.2, 0.25) is 0 Å². The van der Waals surface area contributed by atoms with Gasteiger partial charge in [-0.05, 0) is 54.0 Å². The van der Waals surface area contributed by atoms with Crippen molar-refractivity contribution in [3.63, 3.8) is 0 Å². The predicted molar refractivity (Wildman–Crippen MR) is 112 cm³/mol. The van der Waals surface area contributed by atoms with Gasteiger partial charge in [0.1, 0.15) is 19.3 Å². The summed E-state index contributed by atoms with van der Waals surface area (Å²) in [7, 11) is 0. The fourth-order valence-electron chi connectivity index (χ4n) is 4.83. The van der Waals surface area contributed by atoms with Crippen LogP contribution in [-0.4, -0.2) is 37.2 Å². The predicted octanol–water partition coefficient (Wildman–Crippen LogP) is 2.82. The summed E-state index contributed by atoms with van der Waals surface area (Å²) in [6.45, 7) is 1.14. The normalized spacial score (nSPS) is 24.8. The van der Waals surface area contributed by atoms with Gasteiger partial charge in [-0.1, -0.05) is 30.3 Å². The van der Waals surface area contributed by atoms with Gasteiger partial charge < -0.3 is 20.1 Å². The Bertz CT molecular complexity index is 982. The third-order valence-electron chi connectivity index (χ3n) is 6.38. The molecule has 3 aliphatic rings. The van der Waals surface area contributed by atoms with E-state index in [1.165, 1.54) is 0 Å². The molecule has 1 saturated carbocycles. The Balaban J connectivity index is 1.23. The van der Waals surface area contributed by atoms with E-state index in [4.69, 9.17) is 9.47 Å². The van der Waals surface area contributed by atoms with Crippen molar-refractivity contribution in [1.82, 2.24) is 10.6 Å². The van der Waals surface area contributed by atoms with Gasteiger partial charge in [0.05, 0.1) is 12.1 Å². The van der Waals surface area contributed by atoms with Crippen LogP contribution in [0.1, 0.15) is 24.8 Å². The van der Waals surface area contributed by atoms with Crippen LogP contribution in [0.4, 0.5) is 0 Å². The van der Waals surface area contributed by atoms with E-state index in [0.29, 0.717) is 31.6 Å². The smallest absolute Gasteiger partial charge is 0.238 e. The van der Waals surface area contributed by atoms with Crippen LogP contribution in [0.3, 0.4) is 0 Å². The maximum Gasteiger partial charge on any atom is 0.238 e. The highest BCUT2D eigenvalue weighted by Crippen LogP contribution is 2.36. The number of carbonyl (C=O) groups is 1. The maximum atomic E-state index is 12.6. The van der Waals surface area contributed by atoms with E-state index in [-0.39, 0.29) is 11.9 Å². The fourth-order valence-corrected chi connectivity index (χ4v) is 4.83. The molecule has 0 unspecified atom stereocenters. The molecule has 1 saturated heterocycles. The van der Waals surface area contributed by atoms with Gasteiger partial charge in [-0.2, -0.15) is 5.26 Å². The molecule has 2 bridgehead atoms. The number of carbonyl (C=O) groups excluding carboxylic acids is 1. The Labute approximate surface area is 176 Å². The lowest BCUT2D eigenvalue weighted by molar-refractivity contribution is -0.124. The van der Waals surface area contributed by atoms with Crippen molar-refractivity contribution >= 4 is 5.91 Å². The molecule has 2 aromatic rings. The molecule has 0 spiro atoms. The molecular formula is C24H25N3O3. The molecule has 2 N–H and O–H groups in total. The molecule has 30 heavy (non-hydrogen) atoms. The first-order valence-electron chi connectivity index (χ1n) is 10.6. The Morgan fingerprint density at radius 1 is 1.10 bits per heavy atom. The van der Waals surface area contributed by atoms with Crippen LogP contribution in [0.25, 0.3) is 11.1 Å². The Morgan fingerprint density at radius 2 is 1.87 bits per heavy atom. The zero-order chi connectivity index (χ0) is 20.5. The van der Waals surface area contributed by atoms with Gasteiger partial charge in [0, 0.05) is 12.5 Å². The van der Waals surface area contributed by atoms with Crippen LogP contribution in [0, 0.1) is 17.2 Å². The van der Waals surface area contributed by atoms with Crippen molar-refractivity contribution in [2.75, 3.05) is 13.2 Å². The molecule has 154 valence electrons. The van der Waals surface area contributed by atoms with E-state index < -0.39 is 6.04 Å². The van der Waals surface area contributed by atoms with E-state index in [0.717, 1.165) is 47.5 Å². The van der Waals surface area contributed by atoms with Crippen molar-refractivity contribution in [2.24, 2.45) is 5.92 Å². The van der Waals surface area contributed by atoms with E-state index in [2.05, 4.69) is 16.7 Å². The quantitative estimate of drug-likeness (QED) is 0.802. The first-order valence-corrected chi connectivity index (χ1v) is 10.6. The molecule has 2 aliphatic heterocycles. The Hall–Kier alpha value is -3.04. The van der Waals surface area contributed by atoms with Crippen LogP contribution in [0.15, 0.2) is 42.5 Å². The van der Waals surface area contributed by atoms with E-state index >= 15 is 0 Å². The standard InChI is InChI=1S/C24H25N3O3/c25-14-20(27-24(28)23-18-5-7-19(12-18)26-23)11-15-1-3-16(4-2-15)17-6-8-21-22(13-17)30-10-9-29-21/h1-4,6,8,13,18-20,23,26H,5,7,9-12H2,(H,27,28)/t18-,19+,20-,23-/m0/s1. The molecule has 2 heterocycles. The van der Waals surface area contributed by atoms with E-state index in [1.807, 2.05) is 42.5 Å². The number of hydrogen-bond donors (Lipinski definition) is 2. The van der Waals surface area contributed by atoms with Gasteiger partial charge in [0.15, 0.2) is 11.5 Å². The number of nitrogens with zero attached hydrogens (tertiary/aromatic N) is 1. The van der Waals surface area contributed by atoms with Gasteiger partial charge in [-0.3, -0.25) is 4.79 Å². The number of nitriles is 1. The fraction of sp³-hybridized carbons (Fsp3) is 0.417. The van der Waals surface area contributed by atoms with E-state index in [9.17, 15) is 10.1 Å². The summed E-state index contributed by atoms with van der Waals surface area (Å²) < 4.78 is 11.2. The molecule has 2 aromatic carbocycles. The third kappa shape index (κ3) is 3.73. The number of benzene rings is 2. The average molecular weight is 403 g/mol. The number of ether oxygens (including phenoxy) is 2. The topological polar surface area (TPSA) is 83.4 Å². The highest BCUT2D eigenvalue weighted by molar-refractivity contribution is 5.83. The highest BCUT2D eigenvalue weighted by atomic mass is 16.6. The molecular weight excluding hydrogens is 378 g/mol. The SMILES string of the molecule is N#C[C@H](Cc1ccc(-c2ccc3c(c2)OCCO3)cc1)NC(=O)[C@H]1N[C@@H]2CC[C@H]1C2. The molecule has 5 rings (SSSR count). The van der Waals surface area contributed by atoms with Crippen molar-refractivity contribution in [2.45, 2.75) is 43.8 Å². The molecule has 4 atom stereocenters. The second kappa shape index (κ2) is 8.00. The number of rotatable bonds is 5. The second-order valence-electron chi connectivity index (χ2n) is 8.36. The number of piperidine rings is 1. The van der Waals surface area contributed by atoms with Gasteiger partial charge in [-0.25, -0.2) is 0 Å². The molecule has 0 aromatic heterocycles. The zero-order valence-corrected chi connectivity index (χ0v) is 16.8. The minimum atomic E-state index is -0.529. The van der Waals surface area contributed by atoms with Crippen LogP contribution >= 0.6 is 0 Å². The van der Waals surface area contributed by atoms with Gasteiger partial charge >= 0.3 is 0 Å². The zero-order valence-electron chi connectivity index (χ0n) is 16.8. The van der Waals surface area contributed by atoms with Crippen molar-refractivity contribution < 1.29 is 14.3 Å². The molecule has 6 nitrogen and oxygen atoms in total. The van der Waals surface area contributed by atoms with Crippen molar-refractivity contribution in [1.29, 1.82) is 5.26 Å². The van der Waals surface area contributed by atoms with Crippen LogP contribution in [-0.2, 0) is 11.2 Å². The van der Waals surface area contributed by atoms with Gasteiger partial charge in [0.25, 0.3) is 0 Å². The van der Waals surface area contributed by atoms with Gasteiger partial charge in [0.2, 0.25) is 5.91 Å². The first kappa shape index (κ1) is 19.0. The summed E-state index contributed by atoms with van der Waals surface area (Å²) in [5, 5.41) is 15.9. The molecule has 2 fully saturated rings. The highest BCUT2D eigenvalue weighted by Gasteiger charge is 2.43. The first-order chi connectivity index (χ1) is 14.7. The lowest BCUT2D eigenvalue weighted by Crippen LogP contribution is -2.50. The molecule has 0 radical (unpaired) electrons. The molecule has 6 heteroatoms. The summed E-state index contributed by atoms with van der Waals surface area (Å²) in [6, 6.07) is 16.1. The summed E-state index contributed by atoms with van der Waals surface area (Å²) in [6.07, 6.45) is 3.83. The van der Waals surface area contributed by atoms with Gasteiger partial charge in [-0.15, -0.1) is 0 Å². The minimum absolute atomic E-state index is 0.0401.